The zero-order valence-corrected chi connectivity index (χ0v) is 9.53. The summed E-state index contributed by atoms with van der Waals surface area (Å²) in [6, 6.07) is 5.28. The summed E-state index contributed by atoms with van der Waals surface area (Å²) >= 11 is 0. The molecule has 1 N–H and O–H groups in total. The van der Waals surface area contributed by atoms with Gasteiger partial charge in [0.1, 0.15) is 17.7 Å². The monoisotopic (exact) mass is 232 g/mol. The van der Waals surface area contributed by atoms with E-state index in [0.717, 1.165) is 5.69 Å². The van der Waals surface area contributed by atoms with Gasteiger partial charge in [0.2, 0.25) is 0 Å². The van der Waals surface area contributed by atoms with Gasteiger partial charge in [-0.25, -0.2) is 0 Å². The average molecular weight is 232 g/mol. The molecule has 0 aliphatic carbocycles. The molecule has 1 aromatic carbocycles. The highest BCUT2D eigenvalue weighted by molar-refractivity contribution is 5.60. The van der Waals surface area contributed by atoms with Gasteiger partial charge in [0.05, 0.1) is 6.20 Å². The molecule has 0 atom stereocenters. The number of aromatic nitrogens is 1. The first-order chi connectivity index (χ1) is 8.16. The first-order valence-corrected chi connectivity index (χ1v) is 4.98. The summed E-state index contributed by atoms with van der Waals surface area (Å²) in [4.78, 5) is 5.67. The Bertz CT molecular complexity index is 520. The van der Waals surface area contributed by atoms with E-state index >= 15 is 0 Å². The van der Waals surface area contributed by atoms with Crippen LogP contribution in [-0.2, 0) is 0 Å². The van der Waals surface area contributed by atoms with E-state index in [9.17, 15) is 5.11 Å². The first-order valence-electron chi connectivity index (χ1n) is 4.98. The van der Waals surface area contributed by atoms with Crippen molar-refractivity contribution in [2.75, 3.05) is 19.0 Å². The number of oxazole rings is 1. The van der Waals surface area contributed by atoms with E-state index in [1.54, 1.807) is 12.1 Å². The van der Waals surface area contributed by atoms with E-state index in [4.69, 9.17) is 4.42 Å². The predicted octanol–water partition coefficient (Wildman–Crippen LogP) is 2.86. The third-order valence-corrected chi connectivity index (χ3v) is 2.14. The first kappa shape index (κ1) is 11.1. The second kappa shape index (κ2) is 4.65. The molecule has 0 spiro atoms. The second-order valence-corrected chi connectivity index (χ2v) is 3.58. The van der Waals surface area contributed by atoms with E-state index in [1.807, 2.05) is 25.1 Å². The van der Waals surface area contributed by atoms with Crippen LogP contribution in [0.1, 0.15) is 0 Å². The zero-order valence-electron chi connectivity index (χ0n) is 9.53. The van der Waals surface area contributed by atoms with Gasteiger partial charge in [0, 0.05) is 25.8 Å². The molecule has 0 unspecified atom stereocenters. The number of phenolic OH excluding ortho intramolecular Hbond substituents is 1. The fourth-order valence-corrected chi connectivity index (χ4v) is 1.24. The fraction of sp³-hybridized carbons (Fsp3) is 0.182. The van der Waals surface area contributed by atoms with Crippen LogP contribution in [0.2, 0.25) is 0 Å². The van der Waals surface area contributed by atoms with Gasteiger partial charge in [-0.05, 0) is 12.1 Å². The molecule has 0 aliphatic rings. The second-order valence-electron chi connectivity index (χ2n) is 3.58. The Labute approximate surface area is 98.2 Å². The van der Waals surface area contributed by atoms with Crippen LogP contribution in [0.3, 0.4) is 0 Å². The topological polar surface area (TPSA) is 74.2 Å². The number of phenols is 1. The third-order valence-electron chi connectivity index (χ3n) is 2.14. The van der Waals surface area contributed by atoms with Crippen LogP contribution in [0.15, 0.2) is 45.3 Å². The number of nitrogens with zero attached hydrogens (tertiary/aromatic N) is 4. The van der Waals surface area contributed by atoms with Gasteiger partial charge in [-0.2, -0.15) is 4.98 Å². The summed E-state index contributed by atoms with van der Waals surface area (Å²) in [5, 5.41) is 17.3. The number of azo groups is 1. The van der Waals surface area contributed by atoms with Gasteiger partial charge in [0.25, 0.3) is 0 Å². The Morgan fingerprint density at radius 2 is 2.12 bits per heavy atom. The van der Waals surface area contributed by atoms with Crippen molar-refractivity contribution >= 4 is 17.4 Å². The van der Waals surface area contributed by atoms with Crippen molar-refractivity contribution < 1.29 is 9.52 Å². The van der Waals surface area contributed by atoms with Gasteiger partial charge in [-0.1, -0.05) is 5.11 Å². The molecule has 0 fully saturated rings. The van der Waals surface area contributed by atoms with Crippen LogP contribution < -0.4 is 4.90 Å². The van der Waals surface area contributed by atoms with Crippen LogP contribution >= 0.6 is 0 Å². The molecule has 0 aliphatic heterocycles. The maximum absolute atomic E-state index is 9.74. The highest BCUT2D eigenvalue weighted by Crippen LogP contribution is 2.31. The number of hydrogen-bond acceptors (Lipinski definition) is 6. The Hall–Kier alpha value is -2.37. The lowest BCUT2D eigenvalue weighted by Gasteiger charge is -2.12. The molecule has 1 heterocycles. The van der Waals surface area contributed by atoms with Crippen LogP contribution in [0.25, 0.3) is 0 Å². The van der Waals surface area contributed by atoms with Crippen molar-refractivity contribution in [1.29, 1.82) is 0 Å². The summed E-state index contributed by atoms with van der Waals surface area (Å²) in [5.41, 5.74) is 1.26. The summed E-state index contributed by atoms with van der Waals surface area (Å²) in [5.74, 6) is 0.0616. The zero-order chi connectivity index (χ0) is 12.3. The maximum atomic E-state index is 9.74. The van der Waals surface area contributed by atoms with Crippen molar-refractivity contribution in [3.63, 3.8) is 0 Å². The quantitative estimate of drug-likeness (QED) is 0.825. The normalized spacial score (nSPS) is 10.9. The van der Waals surface area contributed by atoms with E-state index in [1.165, 1.54) is 12.5 Å². The minimum absolute atomic E-state index is 0.0616. The highest BCUT2D eigenvalue weighted by atomic mass is 16.4. The molecule has 6 nitrogen and oxygen atoms in total. The van der Waals surface area contributed by atoms with Crippen LogP contribution in [-0.4, -0.2) is 24.2 Å². The summed E-state index contributed by atoms with van der Waals surface area (Å²) < 4.78 is 4.90. The molecular weight excluding hydrogens is 220 g/mol. The highest BCUT2D eigenvalue weighted by Gasteiger charge is 2.03. The molecule has 88 valence electrons. The Morgan fingerprint density at radius 3 is 2.71 bits per heavy atom. The van der Waals surface area contributed by atoms with Gasteiger partial charge >= 0.3 is 6.01 Å². The number of hydrogen-bond donors (Lipinski definition) is 1. The molecule has 1 aromatic heterocycles. The van der Waals surface area contributed by atoms with Crippen LogP contribution in [0.4, 0.5) is 17.4 Å². The largest absolute Gasteiger partial charge is 0.506 e. The van der Waals surface area contributed by atoms with Crippen molar-refractivity contribution in [3.05, 3.63) is 30.7 Å². The third kappa shape index (κ3) is 2.60. The molecule has 0 saturated heterocycles. The number of anilines is 1. The van der Waals surface area contributed by atoms with Crippen LogP contribution in [0.5, 0.6) is 5.75 Å². The van der Waals surface area contributed by atoms with Gasteiger partial charge in [-0.15, -0.1) is 5.11 Å². The van der Waals surface area contributed by atoms with Crippen molar-refractivity contribution in [3.8, 4) is 5.75 Å². The standard InChI is InChI=1S/C11H12N4O2/c1-15(2)8-3-4-9(10(16)7-8)13-14-11-12-5-6-17-11/h3-7,16H,1-2H3/b14-13+. The van der Waals surface area contributed by atoms with Crippen LogP contribution in [0, 0.1) is 0 Å². The Kier molecular flexibility index (Phi) is 3.04. The van der Waals surface area contributed by atoms with Crippen molar-refractivity contribution in [2.45, 2.75) is 0 Å². The van der Waals surface area contributed by atoms with Crippen molar-refractivity contribution in [2.24, 2.45) is 10.2 Å². The number of benzene rings is 1. The van der Waals surface area contributed by atoms with Gasteiger partial charge < -0.3 is 14.4 Å². The molecular formula is C11H12N4O2. The predicted molar refractivity (Wildman–Crippen MR) is 63.1 cm³/mol. The van der Waals surface area contributed by atoms with Gasteiger partial charge in [-0.3, -0.25) is 0 Å². The SMILES string of the molecule is CN(C)c1ccc(/N=N/c2ncco2)c(O)c1. The van der Waals surface area contributed by atoms with E-state index in [-0.39, 0.29) is 11.8 Å². The Balaban J connectivity index is 2.22. The molecule has 0 amide bonds. The molecule has 0 bridgehead atoms. The maximum Gasteiger partial charge on any atom is 0.340 e. The minimum Gasteiger partial charge on any atom is -0.506 e. The summed E-state index contributed by atoms with van der Waals surface area (Å²) in [6.07, 6.45) is 2.88. The summed E-state index contributed by atoms with van der Waals surface area (Å²) in [6.45, 7) is 0. The lowest BCUT2D eigenvalue weighted by Crippen LogP contribution is -2.07. The number of rotatable bonds is 3. The molecule has 6 heteroatoms. The van der Waals surface area contributed by atoms with E-state index in [0.29, 0.717) is 5.69 Å². The van der Waals surface area contributed by atoms with Crippen molar-refractivity contribution in [1.82, 2.24) is 4.98 Å². The van der Waals surface area contributed by atoms with E-state index < -0.39 is 0 Å². The molecule has 0 radical (unpaired) electrons. The summed E-state index contributed by atoms with van der Waals surface area (Å²) in [7, 11) is 3.78. The Morgan fingerprint density at radius 1 is 1.29 bits per heavy atom. The molecule has 2 aromatic rings. The number of aromatic hydroxyl groups is 1. The smallest absolute Gasteiger partial charge is 0.340 e. The average Bonchev–Trinajstić information content (AvgIpc) is 2.80. The lowest BCUT2D eigenvalue weighted by molar-refractivity contribution is 0.476. The molecule has 2 rings (SSSR count). The molecule has 17 heavy (non-hydrogen) atoms. The minimum atomic E-state index is 0.0616. The molecule has 0 saturated carbocycles. The lowest BCUT2D eigenvalue weighted by atomic mass is 10.2. The van der Waals surface area contributed by atoms with E-state index in [2.05, 4.69) is 15.2 Å². The fourth-order valence-electron chi connectivity index (χ4n) is 1.24. The van der Waals surface area contributed by atoms with Gasteiger partial charge in [0.15, 0.2) is 0 Å².